The van der Waals surface area contributed by atoms with Crippen LogP contribution in [0.1, 0.15) is 26.7 Å². The Morgan fingerprint density at radius 2 is 1.62 bits per heavy atom. The lowest BCUT2D eigenvalue weighted by Crippen LogP contribution is -2.41. The number of hydrogen-bond donors (Lipinski definition) is 1. The van der Waals surface area contributed by atoms with Crippen LogP contribution >= 0.6 is 0 Å². The third-order valence-corrected chi connectivity index (χ3v) is 7.25. The summed E-state index contributed by atoms with van der Waals surface area (Å²) in [5.41, 5.74) is 0.621. The van der Waals surface area contributed by atoms with Gasteiger partial charge in [0.25, 0.3) is 0 Å². The van der Waals surface area contributed by atoms with Crippen LogP contribution in [0.15, 0.2) is 47.4 Å². The standard InChI is InChI=1S/C23H30N2O6S/c1-4-30-21-11-6-18(16-22(21)31-5-2)24-23(26)17-12-14-25(15-13-17)32(27,28)20-9-7-19(29-3)8-10-20/h6-11,16-17H,4-5,12-15H2,1-3H3,(H,24,26). The lowest BCUT2D eigenvalue weighted by Gasteiger charge is -2.30. The monoisotopic (exact) mass is 462 g/mol. The van der Waals surface area contributed by atoms with Gasteiger partial charge in [-0.25, -0.2) is 8.42 Å². The zero-order valence-electron chi connectivity index (χ0n) is 18.7. The third kappa shape index (κ3) is 5.52. The minimum absolute atomic E-state index is 0.127. The van der Waals surface area contributed by atoms with Crippen LogP contribution < -0.4 is 19.5 Å². The van der Waals surface area contributed by atoms with Crippen LogP contribution in [0, 0.1) is 5.92 Å². The molecule has 3 rings (SSSR count). The number of methoxy groups -OCH3 is 1. The molecule has 0 atom stereocenters. The number of nitrogens with one attached hydrogen (secondary N) is 1. The number of benzene rings is 2. The van der Waals surface area contributed by atoms with E-state index in [0.29, 0.717) is 62.1 Å². The Bertz CT molecular complexity index is 1020. The van der Waals surface area contributed by atoms with E-state index in [-0.39, 0.29) is 16.7 Å². The fourth-order valence-corrected chi connectivity index (χ4v) is 5.10. The van der Waals surface area contributed by atoms with Gasteiger partial charge in [-0.2, -0.15) is 4.31 Å². The van der Waals surface area contributed by atoms with Crippen LogP contribution in [-0.4, -0.2) is 52.0 Å². The Kier molecular flexibility index (Phi) is 7.98. The molecule has 1 amide bonds. The largest absolute Gasteiger partial charge is 0.497 e. The molecule has 0 aromatic heterocycles. The van der Waals surface area contributed by atoms with Crippen molar-refractivity contribution in [2.45, 2.75) is 31.6 Å². The quantitative estimate of drug-likeness (QED) is 0.613. The molecule has 1 fully saturated rings. The van der Waals surface area contributed by atoms with Gasteiger partial charge >= 0.3 is 0 Å². The maximum Gasteiger partial charge on any atom is 0.243 e. The van der Waals surface area contributed by atoms with Gasteiger partial charge in [0.1, 0.15) is 5.75 Å². The highest BCUT2D eigenvalue weighted by Gasteiger charge is 2.32. The summed E-state index contributed by atoms with van der Waals surface area (Å²) >= 11 is 0. The van der Waals surface area contributed by atoms with Crippen molar-refractivity contribution in [2.24, 2.45) is 5.92 Å². The molecule has 8 nitrogen and oxygen atoms in total. The average Bonchev–Trinajstić information content (AvgIpc) is 2.81. The van der Waals surface area contributed by atoms with E-state index in [1.807, 2.05) is 13.8 Å². The van der Waals surface area contributed by atoms with E-state index in [4.69, 9.17) is 14.2 Å². The fourth-order valence-electron chi connectivity index (χ4n) is 3.63. The molecule has 1 heterocycles. The SMILES string of the molecule is CCOc1ccc(NC(=O)C2CCN(S(=O)(=O)c3ccc(OC)cc3)CC2)cc1OCC. The van der Waals surface area contributed by atoms with Crippen LogP contribution in [-0.2, 0) is 14.8 Å². The van der Waals surface area contributed by atoms with Crippen molar-refractivity contribution in [3.63, 3.8) is 0 Å². The molecule has 1 N–H and O–H groups in total. The number of carbonyl (C=O) groups excluding carboxylic acids is 1. The van der Waals surface area contributed by atoms with Gasteiger partial charge in [-0.15, -0.1) is 0 Å². The molecule has 1 saturated heterocycles. The number of rotatable bonds is 9. The summed E-state index contributed by atoms with van der Waals surface area (Å²) in [6, 6.07) is 11.6. The number of sulfonamides is 1. The van der Waals surface area contributed by atoms with E-state index in [9.17, 15) is 13.2 Å². The Balaban J connectivity index is 1.61. The molecule has 32 heavy (non-hydrogen) atoms. The van der Waals surface area contributed by atoms with Gasteiger partial charge in [0, 0.05) is 30.8 Å². The highest BCUT2D eigenvalue weighted by Crippen LogP contribution is 2.31. The van der Waals surface area contributed by atoms with Crippen LogP contribution in [0.3, 0.4) is 0 Å². The number of nitrogens with zero attached hydrogens (tertiary/aromatic N) is 1. The summed E-state index contributed by atoms with van der Waals surface area (Å²) in [6.07, 6.45) is 0.910. The Labute approximate surface area is 189 Å². The molecule has 2 aromatic carbocycles. The zero-order chi connectivity index (χ0) is 23.1. The maximum atomic E-state index is 12.9. The molecular weight excluding hydrogens is 432 g/mol. The lowest BCUT2D eigenvalue weighted by atomic mass is 9.97. The van der Waals surface area contributed by atoms with Crippen LogP contribution in [0.25, 0.3) is 0 Å². The van der Waals surface area contributed by atoms with Gasteiger partial charge in [0.2, 0.25) is 15.9 Å². The first-order valence-corrected chi connectivity index (χ1v) is 12.2. The average molecular weight is 463 g/mol. The second kappa shape index (κ2) is 10.7. The maximum absolute atomic E-state index is 12.9. The van der Waals surface area contributed by atoms with Crippen LogP contribution in [0.5, 0.6) is 17.2 Å². The summed E-state index contributed by atoms with van der Waals surface area (Å²) in [5, 5.41) is 2.92. The second-order valence-corrected chi connectivity index (χ2v) is 9.31. The van der Waals surface area contributed by atoms with Gasteiger partial charge in [-0.05, 0) is 63.1 Å². The number of anilines is 1. The summed E-state index contributed by atoms with van der Waals surface area (Å²) < 4.78 is 43.5. The van der Waals surface area contributed by atoms with Crippen molar-refractivity contribution in [2.75, 3.05) is 38.7 Å². The van der Waals surface area contributed by atoms with Gasteiger partial charge in [-0.1, -0.05) is 0 Å². The molecular formula is C23H30N2O6S. The minimum atomic E-state index is -3.60. The Morgan fingerprint density at radius 1 is 1.00 bits per heavy atom. The zero-order valence-corrected chi connectivity index (χ0v) is 19.5. The molecule has 2 aromatic rings. The lowest BCUT2D eigenvalue weighted by molar-refractivity contribution is -0.120. The van der Waals surface area contributed by atoms with Crippen molar-refractivity contribution in [3.8, 4) is 17.2 Å². The number of ether oxygens (including phenoxy) is 3. The van der Waals surface area contributed by atoms with Crippen molar-refractivity contribution in [3.05, 3.63) is 42.5 Å². The minimum Gasteiger partial charge on any atom is -0.497 e. The molecule has 0 saturated carbocycles. The Morgan fingerprint density at radius 3 is 2.22 bits per heavy atom. The van der Waals surface area contributed by atoms with Gasteiger partial charge in [0.15, 0.2) is 11.5 Å². The third-order valence-electron chi connectivity index (χ3n) is 5.33. The molecule has 0 radical (unpaired) electrons. The number of amides is 1. The van der Waals surface area contributed by atoms with Crippen molar-refractivity contribution < 1.29 is 27.4 Å². The van der Waals surface area contributed by atoms with E-state index >= 15 is 0 Å². The first kappa shape index (κ1) is 23.9. The highest BCUT2D eigenvalue weighted by atomic mass is 32.2. The van der Waals surface area contributed by atoms with Crippen LogP contribution in [0.2, 0.25) is 0 Å². The van der Waals surface area contributed by atoms with Crippen molar-refractivity contribution in [1.29, 1.82) is 0 Å². The van der Waals surface area contributed by atoms with E-state index in [1.165, 1.54) is 23.5 Å². The predicted octanol–water partition coefficient (Wildman–Crippen LogP) is 3.53. The normalized spacial score (nSPS) is 15.2. The topological polar surface area (TPSA) is 94.2 Å². The molecule has 0 spiro atoms. The second-order valence-electron chi connectivity index (χ2n) is 7.37. The molecule has 0 aliphatic carbocycles. The number of hydrogen-bond acceptors (Lipinski definition) is 6. The first-order chi connectivity index (χ1) is 15.4. The highest BCUT2D eigenvalue weighted by molar-refractivity contribution is 7.89. The Hall–Kier alpha value is -2.78. The molecule has 9 heteroatoms. The predicted molar refractivity (Wildman–Crippen MR) is 122 cm³/mol. The van der Waals surface area contributed by atoms with E-state index in [1.54, 1.807) is 30.3 Å². The van der Waals surface area contributed by atoms with Gasteiger partial charge in [-0.3, -0.25) is 4.79 Å². The molecule has 1 aliphatic rings. The van der Waals surface area contributed by atoms with E-state index in [2.05, 4.69) is 5.32 Å². The molecule has 0 unspecified atom stereocenters. The fraction of sp³-hybridized carbons (Fsp3) is 0.435. The smallest absolute Gasteiger partial charge is 0.243 e. The number of piperidine rings is 1. The first-order valence-electron chi connectivity index (χ1n) is 10.7. The van der Waals surface area contributed by atoms with E-state index < -0.39 is 10.0 Å². The summed E-state index contributed by atoms with van der Waals surface area (Å²) in [5.74, 6) is 1.41. The summed E-state index contributed by atoms with van der Waals surface area (Å²) in [4.78, 5) is 13.0. The molecule has 0 bridgehead atoms. The van der Waals surface area contributed by atoms with Gasteiger partial charge in [0.05, 0.1) is 25.2 Å². The van der Waals surface area contributed by atoms with Crippen LogP contribution in [0.4, 0.5) is 5.69 Å². The summed E-state index contributed by atoms with van der Waals surface area (Å²) in [6.45, 7) is 5.36. The molecule has 174 valence electrons. The number of carbonyl (C=O) groups is 1. The molecule has 1 aliphatic heterocycles. The summed E-state index contributed by atoms with van der Waals surface area (Å²) in [7, 11) is -2.07. The van der Waals surface area contributed by atoms with Crippen molar-refractivity contribution >= 4 is 21.6 Å². The van der Waals surface area contributed by atoms with E-state index in [0.717, 1.165) is 0 Å². The van der Waals surface area contributed by atoms with Crippen molar-refractivity contribution in [1.82, 2.24) is 4.31 Å². The van der Waals surface area contributed by atoms with Gasteiger partial charge < -0.3 is 19.5 Å².